The maximum Gasteiger partial charge on any atom is 0.241 e. The van der Waals surface area contributed by atoms with Crippen molar-refractivity contribution < 1.29 is 23.5 Å². The van der Waals surface area contributed by atoms with Crippen LogP contribution in [0.1, 0.15) is 25.7 Å². The summed E-state index contributed by atoms with van der Waals surface area (Å²) in [5.41, 5.74) is 1.54. The van der Waals surface area contributed by atoms with Crippen LogP contribution >= 0.6 is 0 Å². The largest absolute Gasteiger partial charge is 0.494 e. The maximum atomic E-state index is 12.8. The monoisotopic (exact) mass is 466 g/mol. The number of nitrogens with one attached hydrogen (secondary N) is 1. The van der Waals surface area contributed by atoms with Gasteiger partial charge in [-0.2, -0.15) is 4.98 Å². The molecule has 0 aliphatic carbocycles. The molecular formula is C25H30N4O5. The summed E-state index contributed by atoms with van der Waals surface area (Å²) >= 11 is 0. The molecule has 0 bridgehead atoms. The number of benzene rings is 2. The summed E-state index contributed by atoms with van der Waals surface area (Å²) in [6, 6.07) is 12.9. The lowest BCUT2D eigenvalue weighted by Gasteiger charge is -2.30. The lowest BCUT2D eigenvalue weighted by Crippen LogP contribution is -2.40. The van der Waals surface area contributed by atoms with E-state index in [1.807, 2.05) is 49.4 Å². The number of amides is 1. The summed E-state index contributed by atoms with van der Waals surface area (Å²) in [6.45, 7) is 4.56. The zero-order valence-electron chi connectivity index (χ0n) is 19.7. The predicted molar refractivity (Wildman–Crippen MR) is 127 cm³/mol. The van der Waals surface area contributed by atoms with Gasteiger partial charge in [0.2, 0.25) is 17.6 Å². The Balaban J connectivity index is 1.35. The summed E-state index contributed by atoms with van der Waals surface area (Å²) in [5, 5.41) is 7.13. The van der Waals surface area contributed by atoms with E-state index in [0.29, 0.717) is 42.9 Å². The smallest absolute Gasteiger partial charge is 0.241 e. The lowest BCUT2D eigenvalue weighted by molar-refractivity contribution is -0.121. The number of carbonyl (C=O) groups excluding carboxylic acids is 1. The Morgan fingerprint density at radius 2 is 1.94 bits per heavy atom. The third kappa shape index (κ3) is 5.66. The number of hydrogen-bond donors (Lipinski definition) is 1. The predicted octanol–water partition coefficient (Wildman–Crippen LogP) is 4.00. The molecule has 0 radical (unpaired) electrons. The van der Waals surface area contributed by atoms with Crippen LogP contribution in [0.15, 0.2) is 47.0 Å². The van der Waals surface area contributed by atoms with Gasteiger partial charge in [0.05, 0.1) is 33.3 Å². The molecule has 0 saturated carbocycles. The van der Waals surface area contributed by atoms with Crippen LogP contribution in [0, 0.1) is 5.92 Å². The quantitative estimate of drug-likeness (QED) is 0.505. The van der Waals surface area contributed by atoms with E-state index >= 15 is 0 Å². The van der Waals surface area contributed by atoms with Gasteiger partial charge in [-0.15, -0.1) is 0 Å². The number of hydrogen-bond acceptors (Lipinski definition) is 8. The van der Waals surface area contributed by atoms with Gasteiger partial charge in [-0.25, -0.2) is 0 Å². The van der Waals surface area contributed by atoms with Crippen molar-refractivity contribution in [2.75, 3.05) is 39.2 Å². The van der Waals surface area contributed by atoms with Gasteiger partial charge in [0.1, 0.15) is 5.75 Å². The Labute approximate surface area is 199 Å². The first kappa shape index (κ1) is 23.6. The third-order valence-corrected chi connectivity index (χ3v) is 5.78. The molecule has 3 aromatic rings. The molecule has 4 rings (SSSR count). The maximum absolute atomic E-state index is 12.8. The summed E-state index contributed by atoms with van der Waals surface area (Å²) < 4.78 is 21.6. The number of rotatable bonds is 9. The second kappa shape index (κ2) is 11.0. The van der Waals surface area contributed by atoms with Gasteiger partial charge >= 0.3 is 0 Å². The summed E-state index contributed by atoms with van der Waals surface area (Å²) in [4.78, 5) is 19.6. The number of piperidine rings is 1. The fourth-order valence-corrected chi connectivity index (χ4v) is 4.06. The van der Waals surface area contributed by atoms with Gasteiger partial charge in [-0.1, -0.05) is 5.16 Å². The highest BCUT2D eigenvalue weighted by Gasteiger charge is 2.27. The van der Waals surface area contributed by atoms with E-state index in [9.17, 15) is 4.79 Å². The number of carbonyl (C=O) groups is 1. The molecule has 1 N–H and O–H groups in total. The molecule has 0 spiro atoms. The fourth-order valence-electron chi connectivity index (χ4n) is 4.06. The first-order valence-corrected chi connectivity index (χ1v) is 11.4. The summed E-state index contributed by atoms with van der Waals surface area (Å²) in [7, 11) is 3.18. The van der Waals surface area contributed by atoms with E-state index in [2.05, 4.69) is 20.4 Å². The van der Waals surface area contributed by atoms with Gasteiger partial charge in [0, 0.05) is 17.8 Å². The Bertz CT molecular complexity index is 1100. The van der Waals surface area contributed by atoms with Crippen molar-refractivity contribution in [1.82, 2.24) is 15.0 Å². The minimum absolute atomic E-state index is 0.0189. The van der Waals surface area contributed by atoms with Crippen molar-refractivity contribution in [3.05, 3.63) is 48.4 Å². The van der Waals surface area contributed by atoms with Gasteiger partial charge in [-0.3, -0.25) is 9.69 Å². The van der Waals surface area contributed by atoms with Crippen LogP contribution in [0.5, 0.6) is 17.2 Å². The molecule has 2 aromatic carbocycles. The number of methoxy groups -OCH3 is 2. The lowest BCUT2D eigenvalue weighted by atomic mass is 9.97. The van der Waals surface area contributed by atoms with Gasteiger partial charge in [-0.05, 0) is 68.8 Å². The van der Waals surface area contributed by atoms with Crippen LogP contribution < -0.4 is 19.5 Å². The minimum Gasteiger partial charge on any atom is -0.494 e. The Hall–Kier alpha value is -3.59. The van der Waals surface area contributed by atoms with Crippen LogP contribution in [-0.4, -0.2) is 54.9 Å². The van der Waals surface area contributed by atoms with Crippen LogP contribution in [0.3, 0.4) is 0 Å². The molecule has 1 saturated heterocycles. The summed E-state index contributed by atoms with van der Waals surface area (Å²) in [5.74, 6) is 2.94. The standard InChI is InChI=1S/C25H30N4O5/c1-4-33-20-10-8-19(9-11-20)26-25(30)18-6-5-13-29(15-18)16-23-27-24(28-34-23)17-7-12-21(31-2)22(14-17)32-3/h7-12,14,18H,4-6,13,15-16H2,1-3H3,(H,26,30)/t18-/m1/s1. The normalized spacial score (nSPS) is 16.1. The average Bonchev–Trinajstić information content (AvgIpc) is 3.33. The van der Waals surface area contributed by atoms with Crippen LogP contribution in [0.4, 0.5) is 5.69 Å². The molecule has 1 atom stereocenters. The highest BCUT2D eigenvalue weighted by atomic mass is 16.5. The molecule has 1 aliphatic heterocycles. The van der Waals surface area contributed by atoms with E-state index in [-0.39, 0.29) is 11.8 Å². The number of anilines is 1. The topological polar surface area (TPSA) is 99.0 Å². The van der Waals surface area contributed by atoms with Gasteiger partial charge < -0.3 is 24.1 Å². The van der Waals surface area contributed by atoms with E-state index in [0.717, 1.165) is 36.4 Å². The second-order valence-electron chi connectivity index (χ2n) is 8.10. The fraction of sp³-hybridized carbons (Fsp3) is 0.400. The van der Waals surface area contributed by atoms with Crippen LogP contribution in [-0.2, 0) is 11.3 Å². The molecule has 180 valence electrons. The summed E-state index contributed by atoms with van der Waals surface area (Å²) in [6.07, 6.45) is 1.78. The molecule has 1 aromatic heterocycles. The Kier molecular flexibility index (Phi) is 7.64. The number of nitrogens with zero attached hydrogens (tertiary/aromatic N) is 3. The molecule has 9 heteroatoms. The molecular weight excluding hydrogens is 436 g/mol. The van der Waals surface area contributed by atoms with E-state index < -0.39 is 0 Å². The van der Waals surface area contributed by atoms with Gasteiger partial charge in [0.15, 0.2) is 11.5 Å². The van der Waals surface area contributed by atoms with Crippen molar-refractivity contribution in [1.29, 1.82) is 0 Å². The van der Waals surface area contributed by atoms with Crippen molar-refractivity contribution in [3.8, 4) is 28.6 Å². The SMILES string of the molecule is CCOc1ccc(NC(=O)[C@@H]2CCCN(Cc3nc(-c4ccc(OC)c(OC)c4)no3)C2)cc1. The molecule has 34 heavy (non-hydrogen) atoms. The van der Waals surface area contributed by atoms with Gasteiger partial charge in [0.25, 0.3) is 0 Å². The van der Waals surface area contributed by atoms with E-state index in [1.54, 1.807) is 14.2 Å². The number of ether oxygens (including phenoxy) is 3. The highest BCUT2D eigenvalue weighted by molar-refractivity contribution is 5.92. The first-order valence-electron chi connectivity index (χ1n) is 11.4. The average molecular weight is 467 g/mol. The van der Waals surface area contributed by atoms with Crippen LogP contribution in [0.2, 0.25) is 0 Å². The first-order chi connectivity index (χ1) is 16.6. The molecule has 0 unspecified atom stereocenters. The van der Waals surface area contributed by atoms with E-state index in [4.69, 9.17) is 18.7 Å². The molecule has 1 aliphatic rings. The molecule has 1 fully saturated rings. The third-order valence-electron chi connectivity index (χ3n) is 5.78. The van der Waals surface area contributed by atoms with Crippen molar-refractivity contribution in [3.63, 3.8) is 0 Å². The number of aromatic nitrogens is 2. The zero-order chi connectivity index (χ0) is 23.9. The molecule has 9 nitrogen and oxygen atoms in total. The Morgan fingerprint density at radius 3 is 2.68 bits per heavy atom. The van der Waals surface area contributed by atoms with Crippen molar-refractivity contribution >= 4 is 11.6 Å². The van der Waals surface area contributed by atoms with Crippen molar-refractivity contribution in [2.24, 2.45) is 5.92 Å². The molecule has 2 heterocycles. The zero-order valence-corrected chi connectivity index (χ0v) is 19.7. The van der Waals surface area contributed by atoms with Crippen molar-refractivity contribution in [2.45, 2.75) is 26.3 Å². The highest BCUT2D eigenvalue weighted by Crippen LogP contribution is 2.31. The second-order valence-corrected chi connectivity index (χ2v) is 8.10. The van der Waals surface area contributed by atoms with E-state index in [1.165, 1.54) is 0 Å². The van der Waals surface area contributed by atoms with Crippen LogP contribution in [0.25, 0.3) is 11.4 Å². The Morgan fingerprint density at radius 1 is 1.15 bits per heavy atom. The molecule has 1 amide bonds. The number of likely N-dealkylation sites (tertiary alicyclic amines) is 1. The minimum atomic E-state index is -0.103.